The molecular weight excluding hydrogens is 258 g/mol. The average molecular weight is 269 g/mol. The highest BCUT2D eigenvalue weighted by Gasteiger charge is 2.25. The van der Waals surface area contributed by atoms with Crippen molar-refractivity contribution in [2.75, 3.05) is 11.4 Å². The van der Waals surface area contributed by atoms with E-state index in [1.807, 2.05) is 6.07 Å². The number of carbonyl (C=O) groups excluding carboxylic acids is 3. The lowest BCUT2D eigenvalue weighted by Crippen LogP contribution is -2.49. The summed E-state index contributed by atoms with van der Waals surface area (Å²) < 4.78 is 0. The number of urea groups is 1. The molecule has 0 saturated carbocycles. The molecule has 1 saturated heterocycles. The number of fused-ring (bicyclic) bond motifs is 1. The fraction of sp³-hybridized carbons (Fsp3) is 0.143. The van der Waals surface area contributed by atoms with Gasteiger partial charge in [-0.25, -0.2) is 4.79 Å². The Kier molecular flexibility index (Phi) is 2.90. The molecule has 2 heterocycles. The molecule has 6 heteroatoms. The molecule has 6 nitrogen and oxygen atoms in total. The molecule has 1 aliphatic rings. The van der Waals surface area contributed by atoms with Crippen molar-refractivity contribution in [1.29, 1.82) is 0 Å². The minimum atomic E-state index is -0.449. The lowest BCUT2D eigenvalue weighted by Gasteiger charge is -2.27. The molecule has 0 atom stereocenters. The second kappa shape index (κ2) is 4.73. The number of nitrogens with one attached hydrogen (secondary N) is 1. The number of aromatic nitrogens is 1. The van der Waals surface area contributed by atoms with E-state index in [-0.39, 0.29) is 12.3 Å². The summed E-state index contributed by atoms with van der Waals surface area (Å²) in [6.45, 7) is 0.320. The first-order chi connectivity index (χ1) is 9.69. The standard InChI is InChI=1S/C14H11N3O3/c18-8-9-6-10-2-1-3-11(13(10)15-7-9)17-5-4-12(19)16-14(17)20/h1-3,6-8H,4-5H2,(H,16,19,20). The van der Waals surface area contributed by atoms with Gasteiger partial charge in [0.25, 0.3) is 0 Å². The van der Waals surface area contributed by atoms with Crippen molar-refractivity contribution >= 4 is 34.8 Å². The third kappa shape index (κ3) is 2.01. The summed E-state index contributed by atoms with van der Waals surface area (Å²) in [5.41, 5.74) is 1.74. The van der Waals surface area contributed by atoms with Gasteiger partial charge in [-0.15, -0.1) is 0 Å². The van der Waals surface area contributed by atoms with Gasteiger partial charge in [0.15, 0.2) is 6.29 Å². The second-order valence-corrected chi connectivity index (χ2v) is 4.49. The van der Waals surface area contributed by atoms with Crippen molar-refractivity contribution in [2.45, 2.75) is 6.42 Å². The average Bonchev–Trinajstić information content (AvgIpc) is 2.46. The fourth-order valence-electron chi connectivity index (χ4n) is 2.24. The van der Waals surface area contributed by atoms with Gasteiger partial charge in [0.1, 0.15) is 0 Å². The van der Waals surface area contributed by atoms with Crippen LogP contribution in [0.3, 0.4) is 0 Å². The predicted octanol–water partition coefficient (Wildman–Crippen LogP) is 1.49. The van der Waals surface area contributed by atoms with E-state index in [0.717, 1.165) is 11.7 Å². The Morgan fingerprint density at radius 2 is 2.15 bits per heavy atom. The third-order valence-corrected chi connectivity index (χ3v) is 3.19. The van der Waals surface area contributed by atoms with E-state index >= 15 is 0 Å². The first-order valence-corrected chi connectivity index (χ1v) is 6.14. The Labute approximate surface area is 114 Å². The monoisotopic (exact) mass is 269 g/mol. The van der Waals surface area contributed by atoms with Gasteiger partial charge in [-0.05, 0) is 12.1 Å². The predicted molar refractivity (Wildman–Crippen MR) is 72.6 cm³/mol. The molecule has 1 N–H and O–H groups in total. The molecule has 20 heavy (non-hydrogen) atoms. The molecule has 1 fully saturated rings. The molecule has 1 aliphatic heterocycles. The third-order valence-electron chi connectivity index (χ3n) is 3.19. The second-order valence-electron chi connectivity index (χ2n) is 4.49. The van der Waals surface area contributed by atoms with Crippen molar-refractivity contribution in [2.24, 2.45) is 0 Å². The van der Waals surface area contributed by atoms with Crippen LogP contribution in [0.2, 0.25) is 0 Å². The van der Waals surface area contributed by atoms with Gasteiger partial charge in [0.05, 0.1) is 11.2 Å². The number of rotatable bonds is 2. The van der Waals surface area contributed by atoms with E-state index < -0.39 is 6.03 Å². The number of para-hydroxylation sites is 1. The highest BCUT2D eigenvalue weighted by Crippen LogP contribution is 2.26. The maximum absolute atomic E-state index is 11.9. The van der Waals surface area contributed by atoms with Crippen LogP contribution in [0, 0.1) is 0 Å². The van der Waals surface area contributed by atoms with Crippen molar-refractivity contribution in [3.8, 4) is 0 Å². The van der Waals surface area contributed by atoms with Gasteiger partial charge in [0, 0.05) is 30.1 Å². The van der Waals surface area contributed by atoms with E-state index in [9.17, 15) is 14.4 Å². The largest absolute Gasteiger partial charge is 0.328 e. The van der Waals surface area contributed by atoms with Gasteiger partial charge in [-0.2, -0.15) is 0 Å². The number of anilines is 1. The molecule has 1 aromatic carbocycles. The molecule has 2 aromatic rings. The molecule has 0 unspecified atom stereocenters. The van der Waals surface area contributed by atoms with Crippen molar-refractivity contribution < 1.29 is 14.4 Å². The van der Waals surface area contributed by atoms with E-state index in [1.54, 1.807) is 18.2 Å². The Morgan fingerprint density at radius 1 is 1.30 bits per heavy atom. The summed E-state index contributed by atoms with van der Waals surface area (Å²) in [5.74, 6) is -0.275. The maximum Gasteiger partial charge on any atom is 0.328 e. The van der Waals surface area contributed by atoms with E-state index in [2.05, 4.69) is 10.3 Å². The van der Waals surface area contributed by atoms with Crippen molar-refractivity contribution in [3.63, 3.8) is 0 Å². The molecule has 0 radical (unpaired) electrons. The van der Waals surface area contributed by atoms with Crippen LogP contribution in [0.25, 0.3) is 10.9 Å². The summed E-state index contributed by atoms with van der Waals surface area (Å²) in [4.78, 5) is 39.6. The van der Waals surface area contributed by atoms with Crippen LogP contribution < -0.4 is 10.2 Å². The highest BCUT2D eigenvalue weighted by atomic mass is 16.2. The van der Waals surface area contributed by atoms with Gasteiger partial charge in [0.2, 0.25) is 5.91 Å². The van der Waals surface area contributed by atoms with Gasteiger partial charge in [-0.3, -0.25) is 24.8 Å². The summed E-state index contributed by atoms with van der Waals surface area (Å²) in [6.07, 6.45) is 2.45. The van der Waals surface area contributed by atoms with E-state index in [1.165, 1.54) is 11.1 Å². The Balaban J connectivity index is 2.09. The molecule has 0 spiro atoms. The molecule has 3 rings (SSSR count). The van der Waals surface area contributed by atoms with Gasteiger partial charge >= 0.3 is 6.03 Å². The summed E-state index contributed by atoms with van der Waals surface area (Å²) in [7, 11) is 0. The fourth-order valence-corrected chi connectivity index (χ4v) is 2.24. The SMILES string of the molecule is O=Cc1cnc2c(N3CCC(=O)NC3=O)cccc2c1. The summed E-state index contributed by atoms with van der Waals surface area (Å²) in [5, 5.41) is 3.05. The molecule has 3 amide bonds. The highest BCUT2D eigenvalue weighted by molar-refractivity contribution is 6.09. The number of amides is 3. The number of benzene rings is 1. The zero-order chi connectivity index (χ0) is 14.1. The number of hydrogen-bond donors (Lipinski definition) is 1. The van der Waals surface area contributed by atoms with E-state index in [0.29, 0.717) is 23.3 Å². The first kappa shape index (κ1) is 12.3. The van der Waals surface area contributed by atoms with Crippen LogP contribution >= 0.6 is 0 Å². The summed E-state index contributed by atoms with van der Waals surface area (Å²) in [6, 6.07) is 6.65. The van der Waals surface area contributed by atoms with Crippen LogP contribution in [-0.2, 0) is 4.79 Å². The van der Waals surface area contributed by atoms with Crippen LogP contribution in [-0.4, -0.2) is 29.8 Å². The number of carbonyl (C=O) groups is 3. The van der Waals surface area contributed by atoms with Gasteiger partial charge in [-0.1, -0.05) is 12.1 Å². The maximum atomic E-state index is 11.9. The van der Waals surface area contributed by atoms with Crippen LogP contribution in [0.4, 0.5) is 10.5 Å². The Hall–Kier alpha value is -2.76. The molecular formula is C14H11N3O3. The lowest BCUT2D eigenvalue weighted by atomic mass is 10.1. The number of aldehydes is 1. The number of hydrogen-bond acceptors (Lipinski definition) is 4. The van der Waals surface area contributed by atoms with Crippen LogP contribution in [0.1, 0.15) is 16.8 Å². The Morgan fingerprint density at radius 3 is 2.90 bits per heavy atom. The number of pyridine rings is 1. The first-order valence-electron chi connectivity index (χ1n) is 6.14. The molecule has 0 aliphatic carbocycles. The normalized spacial score (nSPS) is 15.3. The lowest BCUT2D eigenvalue weighted by molar-refractivity contribution is -0.120. The van der Waals surface area contributed by atoms with Crippen LogP contribution in [0.5, 0.6) is 0 Å². The zero-order valence-electron chi connectivity index (χ0n) is 10.5. The zero-order valence-corrected chi connectivity index (χ0v) is 10.5. The minimum Gasteiger partial charge on any atom is -0.298 e. The Bertz CT molecular complexity index is 727. The number of nitrogens with zero attached hydrogens (tertiary/aromatic N) is 2. The molecule has 0 bridgehead atoms. The number of imide groups is 1. The van der Waals surface area contributed by atoms with Crippen molar-refractivity contribution in [1.82, 2.24) is 10.3 Å². The molecule has 100 valence electrons. The van der Waals surface area contributed by atoms with Gasteiger partial charge < -0.3 is 0 Å². The van der Waals surface area contributed by atoms with Crippen LogP contribution in [0.15, 0.2) is 30.5 Å². The topological polar surface area (TPSA) is 79.4 Å². The minimum absolute atomic E-state index is 0.258. The smallest absolute Gasteiger partial charge is 0.298 e. The van der Waals surface area contributed by atoms with E-state index in [4.69, 9.17) is 0 Å². The summed E-state index contributed by atoms with van der Waals surface area (Å²) >= 11 is 0. The molecule has 1 aromatic heterocycles. The quantitative estimate of drug-likeness (QED) is 0.838. The van der Waals surface area contributed by atoms with Crippen molar-refractivity contribution in [3.05, 3.63) is 36.0 Å².